The van der Waals surface area contributed by atoms with E-state index in [0.29, 0.717) is 16.8 Å². The molecule has 5 nitrogen and oxygen atoms in total. The van der Waals surface area contributed by atoms with Crippen LogP contribution in [-0.4, -0.2) is 43.0 Å². The van der Waals surface area contributed by atoms with Crippen molar-refractivity contribution in [3.63, 3.8) is 0 Å². The molecule has 29 heavy (non-hydrogen) atoms. The second kappa shape index (κ2) is 8.53. The molecule has 0 atom stereocenters. The maximum atomic E-state index is 12.6. The third kappa shape index (κ3) is 4.15. The first-order valence-electron chi connectivity index (χ1n) is 9.36. The van der Waals surface area contributed by atoms with Gasteiger partial charge in [-0.15, -0.1) is 23.7 Å². The molecule has 0 saturated heterocycles. The van der Waals surface area contributed by atoms with E-state index in [1.165, 1.54) is 11.3 Å². The van der Waals surface area contributed by atoms with Crippen LogP contribution in [0.1, 0.15) is 22.3 Å². The largest absolute Gasteiger partial charge is 0.352 e. The summed E-state index contributed by atoms with van der Waals surface area (Å²) >= 11 is 1.50. The molecular formula is C22H24ClN3O2S. The molecule has 4 aromatic rings. The number of amides is 1. The second-order valence-electron chi connectivity index (χ2n) is 7.43. The van der Waals surface area contributed by atoms with Crippen LogP contribution in [-0.2, 0) is 0 Å². The Balaban J connectivity index is 0.00000240. The maximum absolute atomic E-state index is 12.6. The first-order valence-corrected chi connectivity index (χ1v) is 10.2. The number of aromatic nitrogens is 1. The molecule has 0 fully saturated rings. The second-order valence-corrected chi connectivity index (χ2v) is 8.49. The fraction of sp³-hybridized carbons (Fsp3) is 0.273. The van der Waals surface area contributed by atoms with E-state index in [-0.39, 0.29) is 23.9 Å². The van der Waals surface area contributed by atoms with Gasteiger partial charge in [0.1, 0.15) is 4.70 Å². The van der Waals surface area contributed by atoms with Crippen LogP contribution in [0.15, 0.2) is 41.2 Å². The summed E-state index contributed by atoms with van der Waals surface area (Å²) in [6.07, 6.45) is 0.901. The average molecular weight is 430 g/mol. The highest BCUT2D eigenvalue weighted by molar-refractivity contribution is 7.26. The van der Waals surface area contributed by atoms with Crippen LogP contribution in [0.2, 0.25) is 0 Å². The SMILES string of the molecule is Cc1ccc2c(c1)sc1c(=O)[nH]c3ccc(C(=O)NCCCN(C)C)cc3c12.Cl. The summed E-state index contributed by atoms with van der Waals surface area (Å²) in [5.41, 5.74) is 2.44. The highest BCUT2D eigenvalue weighted by Crippen LogP contribution is 2.36. The minimum absolute atomic E-state index is 0. The molecule has 2 N–H and O–H groups in total. The number of fused-ring (bicyclic) bond motifs is 5. The van der Waals surface area contributed by atoms with Crippen molar-refractivity contribution in [2.24, 2.45) is 0 Å². The number of benzene rings is 2. The van der Waals surface area contributed by atoms with Crippen molar-refractivity contribution in [1.29, 1.82) is 0 Å². The van der Waals surface area contributed by atoms with Crippen molar-refractivity contribution < 1.29 is 4.79 Å². The van der Waals surface area contributed by atoms with Crippen LogP contribution in [0.25, 0.3) is 31.1 Å². The van der Waals surface area contributed by atoms with Gasteiger partial charge < -0.3 is 15.2 Å². The minimum atomic E-state index is -0.0876. The normalized spacial score (nSPS) is 11.3. The molecule has 2 aromatic carbocycles. The molecule has 0 saturated carbocycles. The number of thiophene rings is 1. The summed E-state index contributed by atoms with van der Waals surface area (Å²) in [6.45, 7) is 3.61. The number of aromatic amines is 1. The van der Waals surface area contributed by atoms with Crippen molar-refractivity contribution in [3.8, 4) is 0 Å². The number of halogens is 1. The third-order valence-corrected chi connectivity index (χ3v) is 6.07. The number of aryl methyl sites for hydroxylation is 1. The minimum Gasteiger partial charge on any atom is -0.352 e. The van der Waals surface area contributed by atoms with Crippen molar-refractivity contribution in [1.82, 2.24) is 15.2 Å². The fourth-order valence-corrected chi connectivity index (χ4v) is 4.72. The Bertz CT molecular complexity index is 1260. The van der Waals surface area contributed by atoms with E-state index in [1.807, 2.05) is 33.2 Å². The Morgan fingerprint density at radius 2 is 1.93 bits per heavy atom. The highest BCUT2D eigenvalue weighted by atomic mass is 35.5. The monoisotopic (exact) mass is 429 g/mol. The van der Waals surface area contributed by atoms with Crippen LogP contribution < -0.4 is 10.9 Å². The third-order valence-electron chi connectivity index (χ3n) is 4.92. The van der Waals surface area contributed by atoms with Gasteiger partial charge in [0.25, 0.3) is 11.5 Å². The molecule has 7 heteroatoms. The molecule has 0 radical (unpaired) electrons. The van der Waals surface area contributed by atoms with Gasteiger partial charge in [0.2, 0.25) is 0 Å². The van der Waals surface area contributed by atoms with Crippen LogP contribution >= 0.6 is 23.7 Å². The molecule has 4 rings (SSSR count). The van der Waals surface area contributed by atoms with Gasteiger partial charge in [0.05, 0.1) is 0 Å². The van der Waals surface area contributed by atoms with Crippen molar-refractivity contribution in [2.45, 2.75) is 13.3 Å². The van der Waals surface area contributed by atoms with Gasteiger partial charge in [-0.05, 0) is 63.8 Å². The van der Waals surface area contributed by atoms with Gasteiger partial charge in [-0.1, -0.05) is 12.1 Å². The molecule has 2 aromatic heterocycles. The summed E-state index contributed by atoms with van der Waals surface area (Å²) in [5.74, 6) is -0.0876. The van der Waals surface area contributed by atoms with E-state index < -0.39 is 0 Å². The Hall–Kier alpha value is -2.41. The molecular weight excluding hydrogens is 406 g/mol. The van der Waals surface area contributed by atoms with Gasteiger partial charge in [-0.25, -0.2) is 0 Å². The average Bonchev–Trinajstić information content (AvgIpc) is 3.04. The molecule has 0 bridgehead atoms. The van der Waals surface area contributed by atoms with Crippen molar-refractivity contribution >= 4 is 60.7 Å². The van der Waals surface area contributed by atoms with E-state index >= 15 is 0 Å². The fourth-order valence-electron chi connectivity index (χ4n) is 3.51. The zero-order valence-corrected chi connectivity index (χ0v) is 18.3. The van der Waals surface area contributed by atoms with E-state index in [0.717, 1.165) is 44.9 Å². The van der Waals surface area contributed by atoms with E-state index in [9.17, 15) is 9.59 Å². The maximum Gasteiger partial charge on any atom is 0.266 e. The lowest BCUT2D eigenvalue weighted by Crippen LogP contribution is -2.27. The Morgan fingerprint density at radius 1 is 1.14 bits per heavy atom. The van der Waals surface area contributed by atoms with Gasteiger partial charge in [-0.2, -0.15) is 0 Å². The van der Waals surface area contributed by atoms with E-state index in [1.54, 1.807) is 6.07 Å². The smallest absolute Gasteiger partial charge is 0.266 e. The Kier molecular flexibility index (Phi) is 6.27. The lowest BCUT2D eigenvalue weighted by Gasteiger charge is -2.10. The zero-order chi connectivity index (χ0) is 19.8. The standard InChI is InChI=1S/C22H23N3O2S.ClH/c1-13-5-7-15-18(11-13)28-20-19(15)16-12-14(6-8-17(16)24-22(20)27)21(26)23-9-4-10-25(2)3;/h5-8,11-12H,4,9-10H2,1-3H3,(H,23,26)(H,24,27);1H. The predicted molar refractivity (Wildman–Crippen MR) is 125 cm³/mol. The summed E-state index contributed by atoms with van der Waals surface area (Å²) in [6, 6.07) is 11.7. The predicted octanol–water partition coefficient (Wildman–Crippen LogP) is 4.31. The number of rotatable bonds is 5. The molecule has 152 valence electrons. The number of nitrogens with zero attached hydrogens (tertiary/aromatic N) is 1. The van der Waals surface area contributed by atoms with Gasteiger partial charge in [0, 0.05) is 38.5 Å². The molecule has 2 heterocycles. The number of carbonyl (C=O) groups is 1. The van der Waals surface area contributed by atoms with Crippen molar-refractivity contribution in [2.75, 3.05) is 27.2 Å². The van der Waals surface area contributed by atoms with Crippen molar-refractivity contribution in [3.05, 3.63) is 57.9 Å². The summed E-state index contributed by atoms with van der Waals surface area (Å²) in [4.78, 5) is 30.2. The lowest BCUT2D eigenvalue weighted by molar-refractivity contribution is 0.0952. The molecule has 0 aliphatic heterocycles. The molecule has 0 spiro atoms. The van der Waals surface area contributed by atoms with Gasteiger partial charge in [-0.3, -0.25) is 9.59 Å². The first kappa shape index (κ1) is 21.3. The van der Waals surface area contributed by atoms with Gasteiger partial charge in [0.15, 0.2) is 0 Å². The molecule has 0 unspecified atom stereocenters. The van der Waals surface area contributed by atoms with E-state index in [4.69, 9.17) is 0 Å². The Morgan fingerprint density at radius 3 is 2.69 bits per heavy atom. The van der Waals surface area contributed by atoms with Crippen LogP contribution in [0.5, 0.6) is 0 Å². The number of H-pyrrole nitrogens is 1. The number of nitrogens with one attached hydrogen (secondary N) is 2. The summed E-state index contributed by atoms with van der Waals surface area (Å²) in [5, 5.41) is 5.88. The summed E-state index contributed by atoms with van der Waals surface area (Å²) < 4.78 is 1.79. The topological polar surface area (TPSA) is 65.2 Å². The molecule has 1 amide bonds. The number of pyridine rings is 1. The molecule has 0 aliphatic rings. The number of hydrogen-bond acceptors (Lipinski definition) is 4. The number of carbonyl (C=O) groups excluding carboxylic acids is 1. The van der Waals surface area contributed by atoms with Gasteiger partial charge >= 0.3 is 0 Å². The molecule has 0 aliphatic carbocycles. The van der Waals surface area contributed by atoms with Crippen LogP contribution in [0, 0.1) is 6.92 Å². The number of hydrogen-bond donors (Lipinski definition) is 2. The lowest BCUT2D eigenvalue weighted by atomic mass is 10.0. The summed E-state index contributed by atoms with van der Waals surface area (Å²) in [7, 11) is 4.04. The van der Waals surface area contributed by atoms with Crippen LogP contribution in [0.3, 0.4) is 0 Å². The zero-order valence-electron chi connectivity index (χ0n) is 16.7. The Labute approximate surface area is 179 Å². The highest BCUT2D eigenvalue weighted by Gasteiger charge is 2.14. The quantitative estimate of drug-likeness (QED) is 0.464. The van der Waals surface area contributed by atoms with E-state index in [2.05, 4.69) is 33.4 Å². The first-order chi connectivity index (χ1) is 13.4. The van der Waals surface area contributed by atoms with Crippen LogP contribution in [0.4, 0.5) is 0 Å².